The number of nitrogens with one attached hydrogen (secondary N) is 1. The molecule has 0 aliphatic carbocycles. The van der Waals surface area contributed by atoms with Crippen molar-refractivity contribution in [3.63, 3.8) is 0 Å². The van der Waals surface area contributed by atoms with Gasteiger partial charge in [-0.25, -0.2) is 8.42 Å². The van der Waals surface area contributed by atoms with Gasteiger partial charge >= 0.3 is 0 Å². The molecule has 0 radical (unpaired) electrons. The maximum atomic E-state index is 11.8. The largest absolute Gasteiger partial charge is 0.392 e. The molecule has 2 aliphatic heterocycles. The summed E-state index contributed by atoms with van der Waals surface area (Å²) < 4.78 is 22.8. The molecule has 0 saturated carbocycles. The van der Waals surface area contributed by atoms with Crippen molar-refractivity contribution in [2.75, 3.05) is 31.1 Å². The molecule has 18 heavy (non-hydrogen) atoms. The van der Waals surface area contributed by atoms with E-state index in [2.05, 4.69) is 5.32 Å². The number of β-amino-alcohol motifs (C(OH)–C–C–N with tert-alkyl or cyclic N) is 1. The number of hydrogen-bond acceptors (Lipinski definition) is 5. The van der Waals surface area contributed by atoms with Crippen molar-refractivity contribution in [1.29, 1.82) is 0 Å². The summed E-state index contributed by atoms with van der Waals surface area (Å²) in [6, 6.07) is 0. The number of amides is 1. The van der Waals surface area contributed by atoms with Crippen LogP contribution in [0.15, 0.2) is 0 Å². The summed E-state index contributed by atoms with van der Waals surface area (Å²) in [6.07, 6.45) is 0.822. The molecule has 0 aromatic rings. The summed E-state index contributed by atoms with van der Waals surface area (Å²) in [4.78, 5) is 13.7. The van der Waals surface area contributed by atoms with Crippen molar-refractivity contribution in [3.05, 3.63) is 0 Å². The summed E-state index contributed by atoms with van der Waals surface area (Å²) in [7, 11) is -3.00. The average Bonchev–Trinajstić information content (AvgIpc) is 2.70. The van der Waals surface area contributed by atoms with Crippen LogP contribution in [0.1, 0.15) is 19.8 Å². The van der Waals surface area contributed by atoms with E-state index in [1.54, 1.807) is 6.92 Å². The van der Waals surface area contributed by atoms with Crippen molar-refractivity contribution in [2.45, 2.75) is 31.4 Å². The maximum absolute atomic E-state index is 11.8. The number of aliphatic hydroxyl groups excluding tert-OH is 1. The molecule has 0 spiro atoms. The van der Waals surface area contributed by atoms with Gasteiger partial charge in [-0.3, -0.25) is 9.69 Å². The SMILES string of the molecule is CC1(NC(=O)CN2CC[C@@H](O)C2)CCS(=O)(=O)C1. The van der Waals surface area contributed by atoms with Crippen LogP contribution in [0.25, 0.3) is 0 Å². The number of carbonyl (C=O) groups excluding carboxylic acids is 1. The zero-order chi connectivity index (χ0) is 13.4. The van der Waals surface area contributed by atoms with Crippen molar-refractivity contribution in [2.24, 2.45) is 0 Å². The minimum absolute atomic E-state index is 0.0222. The predicted octanol–water partition coefficient (Wildman–Crippen LogP) is -1.25. The standard InChI is InChI=1S/C11H20N2O4S/c1-11(3-5-18(16,17)8-11)12-10(15)7-13-4-2-9(14)6-13/h9,14H,2-8H2,1H3,(H,12,15)/t9-,11?/m1/s1. The van der Waals surface area contributed by atoms with E-state index >= 15 is 0 Å². The lowest BCUT2D eigenvalue weighted by Gasteiger charge is -2.25. The smallest absolute Gasteiger partial charge is 0.234 e. The maximum Gasteiger partial charge on any atom is 0.234 e. The predicted molar refractivity (Wildman–Crippen MR) is 66.9 cm³/mol. The highest BCUT2D eigenvalue weighted by molar-refractivity contribution is 7.91. The summed E-state index contributed by atoms with van der Waals surface area (Å²) in [5.74, 6) is 0.00399. The molecule has 2 heterocycles. The van der Waals surface area contributed by atoms with Crippen LogP contribution in [0.2, 0.25) is 0 Å². The first-order chi connectivity index (χ1) is 8.28. The average molecular weight is 276 g/mol. The van der Waals surface area contributed by atoms with Gasteiger partial charge in [0.15, 0.2) is 9.84 Å². The molecule has 2 atom stereocenters. The third-order valence-corrected chi connectivity index (χ3v) is 5.46. The van der Waals surface area contributed by atoms with Crippen LogP contribution in [0.4, 0.5) is 0 Å². The van der Waals surface area contributed by atoms with Crippen LogP contribution in [0.3, 0.4) is 0 Å². The van der Waals surface area contributed by atoms with Gasteiger partial charge in [0.1, 0.15) is 0 Å². The number of sulfone groups is 1. The van der Waals surface area contributed by atoms with Crippen LogP contribution in [-0.4, -0.2) is 67.1 Å². The Bertz CT molecular complexity index is 436. The minimum atomic E-state index is -3.00. The van der Waals surface area contributed by atoms with Crippen molar-refractivity contribution in [3.8, 4) is 0 Å². The second-order valence-corrected chi connectivity index (χ2v) is 7.81. The molecule has 104 valence electrons. The molecule has 2 saturated heterocycles. The number of aliphatic hydroxyl groups is 1. The van der Waals surface area contributed by atoms with E-state index in [9.17, 15) is 18.3 Å². The summed E-state index contributed by atoms with van der Waals surface area (Å²) in [6.45, 7) is 3.23. The zero-order valence-electron chi connectivity index (χ0n) is 10.6. The first-order valence-corrected chi connectivity index (χ1v) is 8.02. The number of hydrogen-bond donors (Lipinski definition) is 2. The fourth-order valence-corrected chi connectivity index (χ4v) is 4.74. The fraction of sp³-hybridized carbons (Fsp3) is 0.909. The van der Waals surface area contributed by atoms with Crippen LogP contribution in [-0.2, 0) is 14.6 Å². The molecular weight excluding hydrogens is 256 g/mol. The molecule has 0 aromatic heterocycles. The Balaban J connectivity index is 1.84. The molecule has 6 nitrogen and oxygen atoms in total. The molecule has 2 rings (SSSR count). The molecule has 2 aliphatic rings. The molecule has 0 bridgehead atoms. The lowest BCUT2D eigenvalue weighted by Crippen LogP contribution is -2.50. The Morgan fingerprint density at radius 2 is 2.28 bits per heavy atom. The topological polar surface area (TPSA) is 86.7 Å². The second kappa shape index (κ2) is 4.79. The monoisotopic (exact) mass is 276 g/mol. The molecule has 7 heteroatoms. The first-order valence-electron chi connectivity index (χ1n) is 6.20. The van der Waals surface area contributed by atoms with Crippen molar-refractivity contribution in [1.82, 2.24) is 10.2 Å². The minimum Gasteiger partial charge on any atom is -0.392 e. The van der Waals surface area contributed by atoms with Gasteiger partial charge < -0.3 is 10.4 Å². The first kappa shape index (κ1) is 13.8. The summed E-state index contributed by atoms with van der Waals surface area (Å²) in [5, 5.41) is 12.2. The van der Waals surface area contributed by atoms with Gasteiger partial charge in [0.25, 0.3) is 0 Å². The molecule has 1 amide bonds. The third-order valence-electron chi connectivity index (χ3n) is 3.56. The highest BCUT2D eigenvalue weighted by Crippen LogP contribution is 2.22. The lowest BCUT2D eigenvalue weighted by atomic mass is 10.0. The molecule has 2 fully saturated rings. The Labute approximate surface area is 107 Å². The highest BCUT2D eigenvalue weighted by Gasteiger charge is 2.39. The van der Waals surface area contributed by atoms with Crippen LogP contribution in [0, 0.1) is 0 Å². The Kier molecular flexibility index (Phi) is 3.66. The third kappa shape index (κ3) is 3.43. The van der Waals surface area contributed by atoms with E-state index in [-0.39, 0.29) is 30.1 Å². The highest BCUT2D eigenvalue weighted by atomic mass is 32.2. The quantitative estimate of drug-likeness (QED) is 0.672. The van der Waals surface area contributed by atoms with Gasteiger partial charge in [-0.2, -0.15) is 0 Å². The van der Waals surface area contributed by atoms with E-state index in [0.717, 1.165) is 0 Å². The van der Waals surface area contributed by atoms with Gasteiger partial charge in [0, 0.05) is 13.1 Å². The molecule has 1 unspecified atom stereocenters. The van der Waals surface area contributed by atoms with Crippen LogP contribution in [0.5, 0.6) is 0 Å². The van der Waals surface area contributed by atoms with Gasteiger partial charge in [-0.1, -0.05) is 0 Å². The fourth-order valence-electron chi connectivity index (χ4n) is 2.64. The van der Waals surface area contributed by atoms with Crippen molar-refractivity contribution < 1.29 is 18.3 Å². The zero-order valence-corrected chi connectivity index (χ0v) is 11.4. The molecular formula is C11H20N2O4S. The molecule has 2 N–H and O–H groups in total. The number of likely N-dealkylation sites (tertiary alicyclic amines) is 1. The summed E-state index contributed by atoms with van der Waals surface area (Å²) >= 11 is 0. The molecule has 0 aromatic carbocycles. The summed E-state index contributed by atoms with van der Waals surface area (Å²) in [5.41, 5.74) is -0.631. The number of nitrogens with zero attached hydrogens (tertiary/aromatic N) is 1. The Morgan fingerprint density at radius 3 is 2.78 bits per heavy atom. The van der Waals surface area contributed by atoms with E-state index < -0.39 is 15.4 Å². The number of rotatable bonds is 3. The van der Waals surface area contributed by atoms with Crippen LogP contribution >= 0.6 is 0 Å². The van der Waals surface area contributed by atoms with E-state index in [0.29, 0.717) is 25.9 Å². The Hall–Kier alpha value is -0.660. The Morgan fingerprint density at radius 1 is 1.56 bits per heavy atom. The van der Waals surface area contributed by atoms with Gasteiger partial charge in [0.2, 0.25) is 5.91 Å². The second-order valence-electron chi connectivity index (χ2n) is 5.63. The number of carbonyl (C=O) groups is 1. The van der Waals surface area contributed by atoms with Gasteiger partial charge in [-0.05, 0) is 19.8 Å². The van der Waals surface area contributed by atoms with Gasteiger partial charge in [-0.15, -0.1) is 0 Å². The van der Waals surface area contributed by atoms with Crippen molar-refractivity contribution >= 4 is 15.7 Å². The van der Waals surface area contributed by atoms with E-state index in [1.807, 2.05) is 4.90 Å². The van der Waals surface area contributed by atoms with E-state index in [4.69, 9.17) is 0 Å². The van der Waals surface area contributed by atoms with Gasteiger partial charge in [0.05, 0.1) is 29.7 Å². The van der Waals surface area contributed by atoms with E-state index in [1.165, 1.54) is 0 Å². The lowest BCUT2D eigenvalue weighted by molar-refractivity contribution is -0.123. The van der Waals surface area contributed by atoms with Crippen LogP contribution < -0.4 is 5.32 Å². The normalized spacial score (nSPS) is 35.8.